The molecule has 188 valence electrons. The summed E-state index contributed by atoms with van der Waals surface area (Å²) in [5.41, 5.74) is -3.18. The first-order valence-corrected chi connectivity index (χ1v) is 13.5. The van der Waals surface area contributed by atoms with Crippen LogP contribution in [-0.2, 0) is 19.1 Å². The summed E-state index contributed by atoms with van der Waals surface area (Å²) in [7, 11) is 0. The van der Waals surface area contributed by atoms with Crippen molar-refractivity contribution in [2.45, 2.75) is 102 Å². The molecule has 8 atom stereocenters. The fraction of sp³-hybridized carbons (Fsp3) is 0.815. The van der Waals surface area contributed by atoms with Gasteiger partial charge in [0.1, 0.15) is 0 Å². The van der Waals surface area contributed by atoms with Gasteiger partial charge in [-0.15, -0.1) is 0 Å². The molecule has 0 aromatic heterocycles. The number of aliphatic hydroxyl groups is 2. The van der Waals surface area contributed by atoms with Crippen LogP contribution >= 0.6 is 11.6 Å². The lowest BCUT2D eigenvalue weighted by molar-refractivity contribution is -0.205. The van der Waals surface area contributed by atoms with Crippen LogP contribution in [-0.4, -0.2) is 45.0 Å². The van der Waals surface area contributed by atoms with Crippen LogP contribution in [0.1, 0.15) is 84.5 Å². The number of hydrogen-bond donors (Lipinski definition) is 2. The van der Waals surface area contributed by atoms with Crippen molar-refractivity contribution in [2.75, 3.05) is 0 Å². The lowest BCUT2D eigenvalue weighted by Crippen LogP contribution is -2.64. The van der Waals surface area contributed by atoms with Gasteiger partial charge in [-0.05, 0) is 80.6 Å². The van der Waals surface area contributed by atoms with Crippen LogP contribution in [0.2, 0.25) is 0 Å². The van der Waals surface area contributed by atoms with Crippen LogP contribution in [0, 0.1) is 34.5 Å². The number of carbonyl (C=O) groups is 3. The number of fused-ring (bicyclic) bond motifs is 5. The molecular formula is C27H37ClO6. The van der Waals surface area contributed by atoms with E-state index in [1.165, 1.54) is 0 Å². The average molecular weight is 493 g/mol. The van der Waals surface area contributed by atoms with Gasteiger partial charge in [-0.2, -0.15) is 0 Å². The van der Waals surface area contributed by atoms with Gasteiger partial charge >= 0.3 is 5.97 Å². The highest BCUT2D eigenvalue weighted by Gasteiger charge is 2.71. The van der Waals surface area contributed by atoms with E-state index in [4.69, 9.17) is 16.3 Å². The zero-order chi connectivity index (χ0) is 24.5. The van der Waals surface area contributed by atoms with Gasteiger partial charge in [0, 0.05) is 11.8 Å². The Hall–Kier alpha value is -1.24. The maximum absolute atomic E-state index is 13.5. The number of halogens is 1. The third kappa shape index (κ3) is 3.38. The molecule has 4 saturated carbocycles. The Kier molecular flexibility index (Phi) is 6.05. The Balaban J connectivity index is 1.52. The summed E-state index contributed by atoms with van der Waals surface area (Å²) in [6.45, 7) is 4.14. The minimum Gasteiger partial charge on any atom is -0.450 e. The third-order valence-electron chi connectivity index (χ3n) is 10.6. The SMILES string of the molecule is C[C@]12CCC(=O)C=C1CC[C@@H]1[C@@H]2[C@@H](O)C[C@@]2(C)[C@H]1CC[C@]2(OC(=O)C1CCCC1)C(=O)C(O)Cl. The van der Waals surface area contributed by atoms with E-state index in [1.807, 2.05) is 6.92 Å². The minimum atomic E-state index is -1.76. The second kappa shape index (κ2) is 8.41. The van der Waals surface area contributed by atoms with Gasteiger partial charge in [0.25, 0.3) is 0 Å². The molecule has 0 aliphatic heterocycles. The molecule has 0 spiro atoms. The smallest absolute Gasteiger partial charge is 0.309 e. The Labute approximate surface area is 206 Å². The van der Waals surface area contributed by atoms with E-state index in [0.29, 0.717) is 25.7 Å². The summed E-state index contributed by atoms with van der Waals surface area (Å²) >= 11 is 5.95. The van der Waals surface area contributed by atoms with E-state index in [2.05, 4.69) is 6.92 Å². The molecule has 7 heteroatoms. The topological polar surface area (TPSA) is 101 Å². The summed E-state index contributed by atoms with van der Waals surface area (Å²) in [6.07, 6.45) is 8.75. The molecule has 0 aromatic carbocycles. The van der Waals surface area contributed by atoms with Crippen molar-refractivity contribution in [3.8, 4) is 0 Å². The molecule has 5 aliphatic rings. The van der Waals surface area contributed by atoms with Crippen molar-refractivity contribution in [1.29, 1.82) is 0 Å². The van der Waals surface area contributed by atoms with E-state index < -0.39 is 28.5 Å². The number of ketones is 2. The van der Waals surface area contributed by atoms with Crippen LogP contribution in [0.3, 0.4) is 0 Å². The number of allylic oxidation sites excluding steroid dienone is 1. The molecule has 0 radical (unpaired) electrons. The molecular weight excluding hydrogens is 456 g/mol. The lowest BCUT2D eigenvalue weighted by atomic mass is 9.45. The number of ether oxygens (including phenoxy) is 1. The van der Waals surface area contributed by atoms with E-state index in [-0.39, 0.29) is 40.8 Å². The second-order valence-electron chi connectivity index (χ2n) is 12.0. The molecule has 2 N–H and O–H groups in total. The van der Waals surface area contributed by atoms with Gasteiger partial charge in [0.05, 0.1) is 12.0 Å². The standard InChI is InChI=1S/C27H37ClO6/c1-25-11-9-17(29)13-16(25)7-8-18-19-10-12-27(22(31)23(28)32,26(19,2)14-20(30)21(18)25)34-24(33)15-5-3-4-6-15/h13,15,18-21,23,30,32H,3-12,14H2,1-2H3/t18-,19-,20-,21+,23?,25-,26-,27-/m0/s1. The fourth-order valence-corrected chi connectivity index (χ4v) is 9.08. The van der Waals surface area contributed by atoms with Crippen LogP contribution in [0.15, 0.2) is 11.6 Å². The molecule has 1 unspecified atom stereocenters. The lowest BCUT2D eigenvalue weighted by Gasteiger charge is -2.60. The number of hydrogen-bond acceptors (Lipinski definition) is 6. The summed E-state index contributed by atoms with van der Waals surface area (Å²) < 4.78 is 6.15. The van der Waals surface area contributed by atoms with Crippen molar-refractivity contribution in [1.82, 2.24) is 0 Å². The highest BCUT2D eigenvalue weighted by molar-refractivity contribution is 6.31. The predicted molar refractivity (Wildman–Crippen MR) is 126 cm³/mol. The van der Waals surface area contributed by atoms with Gasteiger partial charge < -0.3 is 14.9 Å². The summed E-state index contributed by atoms with van der Waals surface area (Å²) in [5, 5.41) is 21.8. The molecule has 0 saturated heterocycles. The highest BCUT2D eigenvalue weighted by Crippen LogP contribution is 2.68. The first kappa shape index (κ1) is 24.5. The summed E-state index contributed by atoms with van der Waals surface area (Å²) in [4.78, 5) is 38.8. The molecule has 0 heterocycles. The molecule has 5 aliphatic carbocycles. The normalized spacial score (nSPS) is 45.1. The molecule has 0 aromatic rings. The first-order valence-electron chi connectivity index (χ1n) is 13.0. The van der Waals surface area contributed by atoms with Gasteiger partial charge in [-0.25, -0.2) is 0 Å². The molecule has 4 fully saturated rings. The van der Waals surface area contributed by atoms with Crippen molar-refractivity contribution >= 4 is 29.1 Å². The van der Waals surface area contributed by atoms with E-state index in [0.717, 1.165) is 50.5 Å². The van der Waals surface area contributed by atoms with Gasteiger partial charge in [-0.1, -0.05) is 43.9 Å². The largest absolute Gasteiger partial charge is 0.450 e. The maximum atomic E-state index is 13.5. The molecule has 5 rings (SSSR count). The quantitative estimate of drug-likeness (QED) is 0.453. The van der Waals surface area contributed by atoms with Crippen LogP contribution in [0.4, 0.5) is 0 Å². The Morgan fingerprint density at radius 3 is 2.50 bits per heavy atom. The zero-order valence-electron chi connectivity index (χ0n) is 20.2. The summed E-state index contributed by atoms with van der Waals surface area (Å²) in [5.74, 6) is -0.862. The van der Waals surface area contributed by atoms with Crippen molar-refractivity contribution < 1.29 is 29.3 Å². The number of alkyl halides is 1. The Bertz CT molecular complexity index is 922. The fourth-order valence-electron chi connectivity index (χ4n) is 8.91. The van der Waals surface area contributed by atoms with Gasteiger partial charge in [0.2, 0.25) is 5.78 Å². The molecule has 0 amide bonds. The highest BCUT2D eigenvalue weighted by atomic mass is 35.5. The number of rotatable bonds is 4. The van der Waals surface area contributed by atoms with Crippen LogP contribution in [0.25, 0.3) is 0 Å². The minimum absolute atomic E-state index is 0.00367. The monoisotopic (exact) mass is 492 g/mol. The molecule has 34 heavy (non-hydrogen) atoms. The van der Waals surface area contributed by atoms with Gasteiger partial charge in [0.15, 0.2) is 16.9 Å². The third-order valence-corrected chi connectivity index (χ3v) is 10.8. The average Bonchev–Trinajstić information content (AvgIpc) is 3.41. The van der Waals surface area contributed by atoms with E-state index in [1.54, 1.807) is 6.08 Å². The second-order valence-corrected chi connectivity index (χ2v) is 12.5. The van der Waals surface area contributed by atoms with Crippen LogP contribution < -0.4 is 0 Å². The summed E-state index contributed by atoms with van der Waals surface area (Å²) in [6, 6.07) is 0. The Morgan fingerprint density at radius 1 is 1.12 bits per heavy atom. The van der Waals surface area contributed by atoms with E-state index >= 15 is 0 Å². The maximum Gasteiger partial charge on any atom is 0.309 e. The molecule has 6 nitrogen and oxygen atoms in total. The Morgan fingerprint density at radius 2 is 1.82 bits per heavy atom. The zero-order valence-corrected chi connectivity index (χ0v) is 21.0. The van der Waals surface area contributed by atoms with Crippen molar-refractivity contribution in [3.63, 3.8) is 0 Å². The number of esters is 1. The predicted octanol–water partition coefficient (Wildman–Crippen LogP) is 4.09. The van der Waals surface area contributed by atoms with Crippen LogP contribution in [0.5, 0.6) is 0 Å². The first-order chi connectivity index (χ1) is 16.0. The number of aliphatic hydroxyl groups excluding tert-OH is 2. The van der Waals surface area contributed by atoms with E-state index in [9.17, 15) is 24.6 Å². The number of carbonyl (C=O) groups excluding carboxylic acids is 3. The molecule has 0 bridgehead atoms. The van der Waals surface area contributed by atoms with Crippen molar-refractivity contribution in [2.24, 2.45) is 34.5 Å². The number of Topliss-reactive ketones (excluding diaryl/α,β-unsaturated/α-hetero) is 1. The van der Waals surface area contributed by atoms with Crippen molar-refractivity contribution in [3.05, 3.63) is 11.6 Å². The van der Waals surface area contributed by atoms with Gasteiger partial charge in [-0.3, -0.25) is 14.4 Å².